The Morgan fingerprint density at radius 1 is 1.61 bits per heavy atom. The van der Waals surface area contributed by atoms with Gasteiger partial charge in [-0.15, -0.1) is 0 Å². The average molecular weight is 266 g/mol. The highest BCUT2D eigenvalue weighted by Gasteiger charge is 2.29. The summed E-state index contributed by atoms with van der Waals surface area (Å²) in [7, 11) is -2.96. The van der Waals surface area contributed by atoms with E-state index in [1.54, 1.807) is 6.07 Å². The second-order valence-corrected chi connectivity index (χ2v) is 6.63. The molecular weight excluding hydrogens is 252 g/mol. The highest BCUT2D eigenvalue weighted by molar-refractivity contribution is 7.91. The Balaban J connectivity index is 2.31. The lowest BCUT2D eigenvalue weighted by Crippen LogP contribution is -2.47. The van der Waals surface area contributed by atoms with Gasteiger partial charge in [0.15, 0.2) is 15.7 Å². The molecule has 2 N–H and O–H groups in total. The molecule has 1 aromatic rings. The zero-order valence-corrected chi connectivity index (χ0v) is 10.8. The largest absolute Gasteiger partial charge is 0.396 e. The van der Waals surface area contributed by atoms with E-state index in [9.17, 15) is 8.42 Å². The predicted molar refractivity (Wildman–Crippen MR) is 68.8 cm³/mol. The fourth-order valence-corrected chi connectivity index (χ4v) is 3.65. The van der Waals surface area contributed by atoms with E-state index in [-0.39, 0.29) is 17.5 Å². The third kappa shape index (κ3) is 2.38. The third-order valence-corrected chi connectivity index (χ3v) is 4.76. The van der Waals surface area contributed by atoms with Crippen LogP contribution in [0.1, 0.15) is 12.5 Å². The molecule has 6 nitrogen and oxygen atoms in total. The summed E-state index contributed by atoms with van der Waals surface area (Å²) < 4.78 is 23.0. The summed E-state index contributed by atoms with van der Waals surface area (Å²) in [6, 6.07) is 3.36. The van der Waals surface area contributed by atoms with Crippen LogP contribution in [0, 0.1) is 11.3 Å². The molecule has 0 aromatic carbocycles. The Morgan fingerprint density at radius 3 is 2.89 bits per heavy atom. The molecule has 0 amide bonds. The van der Waals surface area contributed by atoms with Crippen molar-refractivity contribution in [2.75, 3.05) is 28.7 Å². The van der Waals surface area contributed by atoms with E-state index in [1.165, 1.54) is 6.20 Å². The van der Waals surface area contributed by atoms with E-state index in [2.05, 4.69) is 4.98 Å². The molecule has 0 spiro atoms. The molecule has 1 atom stereocenters. The Hall–Kier alpha value is -1.81. The molecule has 2 heterocycles. The number of hydrogen-bond acceptors (Lipinski definition) is 6. The molecular formula is C11H14N4O2S. The smallest absolute Gasteiger partial charge is 0.154 e. The first-order valence-corrected chi connectivity index (χ1v) is 7.38. The van der Waals surface area contributed by atoms with Crippen LogP contribution in [0.5, 0.6) is 0 Å². The quantitative estimate of drug-likeness (QED) is 0.777. The van der Waals surface area contributed by atoms with Crippen LogP contribution in [0.15, 0.2) is 12.3 Å². The van der Waals surface area contributed by atoms with Crippen LogP contribution in [0.4, 0.5) is 11.5 Å². The summed E-state index contributed by atoms with van der Waals surface area (Å²) in [4.78, 5) is 6.03. The molecule has 2 rings (SSSR count). The average Bonchev–Trinajstić information content (AvgIpc) is 2.29. The van der Waals surface area contributed by atoms with Crippen molar-refractivity contribution in [3.05, 3.63) is 17.8 Å². The molecule has 0 saturated carbocycles. The Bertz CT molecular complexity index is 606. The first-order valence-electron chi connectivity index (χ1n) is 5.55. The van der Waals surface area contributed by atoms with Crippen molar-refractivity contribution in [3.63, 3.8) is 0 Å². The summed E-state index contributed by atoms with van der Waals surface area (Å²) in [6.45, 7) is 2.21. The monoisotopic (exact) mass is 266 g/mol. The lowest BCUT2D eigenvalue weighted by Gasteiger charge is -2.34. The van der Waals surface area contributed by atoms with Gasteiger partial charge in [0, 0.05) is 18.8 Å². The number of nitriles is 1. The van der Waals surface area contributed by atoms with Gasteiger partial charge in [-0.3, -0.25) is 0 Å². The van der Waals surface area contributed by atoms with E-state index >= 15 is 0 Å². The van der Waals surface area contributed by atoms with Crippen molar-refractivity contribution in [1.82, 2.24) is 4.98 Å². The zero-order valence-electron chi connectivity index (χ0n) is 10.00. The maximum Gasteiger partial charge on any atom is 0.154 e. The Labute approximate surface area is 106 Å². The summed E-state index contributed by atoms with van der Waals surface area (Å²) in [5.41, 5.74) is 6.65. The minimum atomic E-state index is -2.96. The lowest BCUT2D eigenvalue weighted by molar-refractivity contribution is 0.567. The van der Waals surface area contributed by atoms with Gasteiger partial charge in [0.25, 0.3) is 0 Å². The predicted octanol–water partition coefficient (Wildman–Crippen LogP) is 0.159. The number of nitrogen functional groups attached to an aromatic ring is 1. The highest BCUT2D eigenvalue weighted by Crippen LogP contribution is 2.25. The molecule has 1 fully saturated rings. The molecule has 0 radical (unpaired) electrons. The van der Waals surface area contributed by atoms with Gasteiger partial charge in [-0.05, 0) is 13.0 Å². The van der Waals surface area contributed by atoms with E-state index < -0.39 is 9.84 Å². The number of nitrogens with two attached hydrogens (primary N) is 1. The van der Waals surface area contributed by atoms with Gasteiger partial charge in [-0.1, -0.05) is 0 Å². The van der Waals surface area contributed by atoms with Crippen LogP contribution < -0.4 is 10.6 Å². The van der Waals surface area contributed by atoms with E-state index in [0.717, 1.165) is 0 Å². The molecule has 7 heteroatoms. The first-order chi connectivity index (χ1) is 8.43. The second kappa shape index (κ2) is 4.46. The first kappa shape index (κ1) is 12.6. The number of nitrogens with zero attached hydrogens (tertiary/aromatic N) is 3. The number of hydrogen-bond donors (Lipinski definition) is 1. The Morgan fingerprint density at radius 2 is 2.33 bits per heavy atom. The van der Waals surface area contributed by atoms with Gasteiger partial charge in [0.05, 0.1) is 22.8 Å². The Kier molecular flexibility index (Phi) is 3.13. The van der Waals surface area contributed by atoms with Crippen LogP contribution in [-0.2, 0) is 9.84 Å². The van der Waals surface area contributed by atoms with Gasteiger partial charge in [0.2, 0.25) is 0 Å². The van der Waals surface area contributed by atoms with Crippen molar-refractivity contribution in [1.29, 1.82) is 5.26 Å². The molecule has 0 aliphatic carbocycles. The maximum atomic E-state index is 11.5. The number of sulfone groups is 1. The SMILES string of the molecule is CC1CS(=O)(=O)CCN1c1ncc(C#N)cc1N. The van der Waals surface area contributed by atoms with Gasteiger partial charge in [-0.2, -0.15) is 5.26 Å². The zero-order chi connectivity index (χ0) is 13.3. The molecule has 1 aromatic heterocycles. The standard InChI is InChI=1S/C11H14N4O2S/c1-8-7-18(16,17)3-2-15(8)11-10(13)4-9(5-12)6-14-11/h4,6,8H,2-3,7,13H2,1H3. The van der Waals surface area contributed by atoms with Crippen molar-refractivity contribution in [3.8, 4) is 6.07 Å². The third-order valence-electron chi connectivity index (χ3n) is 2.97. The van der Waals surface area contributed by atoms with Crippen molar-refractivity contribution in [2.45, 2.75) is 13.0 Å². The van der Waals surface area contributed by atoms with Crippen LogP contribution in [-0.4, -0.2) is 37.5 Å². The van der Waals surface area contributed by atoms with Crippen molar-refractivity contribution >= 4 is 21.3 Å². The minimum Gasteiger partial charge on any atom is -0.396 e. The van der Waals surface area contributed by atoms with Crippen LogP contribution in [0.2, 0.25) is 0 Å². The molecule has 0 bridgehead atoms. The summed E-state index contributed by atoms with van der Waals surface area (Å²) >= 11 is 0. The molecule has 1 aliphatic heterocycles. The van der Waals surface area contributed by atoms with Gasteiger partial charge in [-0.25, -0.2) is 13.4 Å². The fraction of sp³-hybridized carbons (Fsp3) is 0.455. The lowest BCUT2D eigenvalue weighted by atomic mass is 10.2. The van der Waals surface area contributed by atoms with Crippen molar-refractivity contribution in [2.24, 2.45) is 0 Å². The van der Waals surface area contributed by atoms with Crippen LogP contribution in [0.25, 0.3) is 0 Å². The van der Waals surface area contributed by atoms with Gasteiger partial charge in [0.1, 0.15) is 6.07 Å². The normalized spacial score (nSPS) is 22.4. The highest BCUT2D eigenvalue weighted by atomic mass is 32.2. The number of anilines is 2. The van der Waals surface area contributed by atoms with Gasteiger partial charge >= 0.3 is 0 Å². The number of rotatable bonds is 1. The van der Waals surface area contributed by atoms with Crippen molar-refractivity contribution < 1.29 is 8.42 Å². The summed E-state index contributed by atoms with van der Waals surface area (Å²) in [5.74, 6) is 0.767. The topological polar surface area (TPSA) is 100 Å². The van der Waals surface area contributed by atoms with E-state index in [1.807, 2.05) is 17.9 Å². The van der Waals surface area contributed by atoms with Gasteiger partial charge < -0.3 is 10.6 Å². The van der Waals surface area contributed by atoms with E-state index in [0.29, 0.717) is 23.6 Å². The second-order valence-electron chi connectivity index (χ2n) is 4.41. The minimum absolute atomic E-state index is 0.105. The number of pyridine rings is 1. The summed E-state index contributed by atoms with van der Waals surface area (Å²) in [6.07, 6.45) is 1.45. The maximum absolute atomic E-state index is 11.5. The fourth-order valence-electron chi connectivity index (χ4n) is 2.09. The number of aromatic nitrogens is 1. The molecule has 96 valence electrons. The molecule has 1 unspecified atom stereocenters. The molecule has 1 saturated heterocycles. The molecule has 18 heavy (non-hydrogen) atoms. The van der Waals surface area contributed by atoms with Crippen LogP contribution in [0.3, 0.4) is 0 Å². The van der Waals surface area contributed by atoms with Crippen LogP contribution >= 0.6 is 0 Å². The van der Waals surface area contributed by atoms with E-state index in [4.69, 9.17) is 11.0 Å². The molecule has 1 aliphatic rings. The summed E-state index contributed by atoms with van der Waals surface area (Å²) in [5, 5.41) is 8.75.